The van der Waals surface area contributed by atoms with Gasteiger partial charge in [-0.2, -0.15) is 13.2 Å². The lowest BCUT2D eigenvalue weighted by Gasteiger charge is -2.14. The molecule has 1 saturated carbocycles. The van der Waals surface area contributed by atoms with Crippen LogP contribution in [0.25, 0.3) is 0 Å². The second-order valence-corrected chi connectivity index (χ2v) is 6.92. The van der Waals surface area contributed by atoms with Gasteiger partial charge in [-0.1, -0.05) is 29.8 Å². The molecule has 0 radical (unpaired) electrons. The minimum absolute atomic E-state index is 0.0341. The summed E-state index contributed by atoms with van der Waals surface area (Å²) < 4.78 is 41.1. The van der Waals surface area contributed by atoms with Crippen LogP contribution in [-0.4, -0.2) is 23.7 Å². The average Bonchev–Trinajstić information content (AvgIpc) is 3.41. The molecule has 1 aliphatic rings. The summed E-state index contributed by atoms with van der Waals surface area (Å²) in [7, 11) is 0. The van der Waals surface area contributed by atoms with Gasteiger partial charge in [-0.25, -0.2) is 0 Å². The van der Waals surface area contributed by atoms with E-state index < -0.39 is 12.8 Å². The Bertz CT molecular complexity index is 806. The SMILES string of the molecule is Cc1cccc([C@@H]2C[C@H]2C(=O)N[C@H](C)c2ccc(OCC(F)(F)F)cn2)c1. The van der Waals surface area contributed by atoms with Crippen molar-refractivity contribution in [2.45, 2.75) is 38.4 Å². The molecule has 0 bridgehead atoms. The highest BCUT2D eigenvalue weighted by molar-refractivity contribution is 5.83. The van der Waals surface area contributed by atoms with Gasteiger partial charge in [0.05, 0.1) is 17.9 Å². The largest absolute Gasteiger partial charge is 0.483 e. The summed E-state index contributed by atoms with van der Waals surface area (Å²) in [4.78, 5) is 16.5. The molecule has 1 heterocycles. The van der Waals surface area contributed by atoms with Crippen molar-refractivity contribution in [2.75, 3.05) is 6.61 Å². The Kier molecular flexibility index (Phi) is 5.39. The number of nitrogens with zero attached hydrogens (tertiary/aromatic N) is 1. The van der Waals surface area contributed by atoms with E-state index in [1.54, 1.807) is 13.0 Å². The third-order valence-corrected chi connectivity index (χ3v) is 4.56. The molecule has 1 amide bonds. The maximum absolute atomic E-state index is 12.4. The van der Waals surface area contributed by atoms with E-state index in [-0.39, 0.29) is 29.5 Å². The Morgan fingerprint density at radius 1 is 1.33 bits per heavy atom. The van der Waals surface area contributed by atoms with Crippen LogP contribution in [0, 0.1) is 12.8 Å². The minimum Gasteiger partial charge on any atom is -0.483 e. The normalized spacial score (nSPS) is 20.0. The first-order chi connectivity index (χ1) is 12.7. The number of hydrogen-bond acceptors (Lipinski definition) is 3. The highest BCUT2D eigenvalue weighted by atomic mass is 19.4. The van der Waals surface area contributed by atoms with E-state index in [9.17, 15) is 18.0 Å². The van der Waals surface area contributed by atoms with E-state index in [0.29, 0.717) is 5.69 Å². The number of hydrogen-bond donors (Lipinski definition) is 1. The van der Waals surface area contributed by atoms with Gasteiger partial charge in [-0.3, -0.25) is 9.78 Å². The first-order valence-electron chi connectivity index (χ1n) is 8.75. The fraction of sp³-hybridized carbons (Fsp3) is 0.400. The van der Waals surface area contributed by atoms with E-state index in [2.05, 4.69) is 21.1 Å². The number of rotatable bonds is 6. The summed E-state index contributed by atoms with van der Waals surface area (Å²) in [5, 5.41) is 2.93. The zero-order chi connectivity index (χ0) is 19.6. The van der Waals surface area contributed by atoms with Crippen molar-refractivity contribution in [3.63, 3.8) is 0 Å². The number of ether oxygens (including phenoxy) is 1. The molecule has 1 aromatic heterocycles. The molecule has 0 saturated heterocycles. The number of alkyl halides is 3. The van der Waals surface area contributed by atoms with Crippen LogP contribution in [0.3, 0.4) is 0 Å². The van der Waals surface area contributed by atoms with Crippen molar-refractivity contribution in [2.24, 2.45) is 5.92 Å². The summed E-state index contributed by atoms with van der Waals surface area (Å²) in [5.74, 6) is 0.191. The summed E-state index contributed by atoms with van der Waals surface area (Å²) in [6.45, 7) is 2.46. The summed E-state index contributed by atoms with van der Waals surface area (Å²) in [6.07, 6.45) is -2.34. The van der Waals surface area contributed by atoms with Gasteiger partial charge in [-0.15, -0.1) is 0 Å². The zero-order valence-corrected chi connectivity index (χ0v) is 15.1. The van der Waals surface area contributed by atoms with Gasteiger partial charge in [0.2, 0.25) is 5.91 Å². The van der Waals surface area contributed by atoms with Crippen molar-refractivity contribution in [3.8, 4) is 5.75 Å². The number of halogens is 3. The van der Waals surface area contributed by atoms with Crippen LogP contribution < -0.4 is 10.1 Å². The maximum Gasteiger partial charge on any atom is 0.422 e. The van der Waals surface area contributed by atoms with Crippen molar-refractivity contribution in [1.82, 2.24) is 10.3 Å². The number of pyridine rings is 1. The van der Waals surface area contributed by atoms with Gasteiger partial charge in [0, 0.05) is 5.92 Å². The molecule has 2 aromatic rings. The highest BCUT2D eigenvalue weighted by Gasteiger charge is 2.44. The maximum atomic E-state index is 12.4. The molecule has 1 aliphatic carbocycles. The molecule has 1 aromatic carbocycles. The Hall–Kier alpha value is -2.57. The van der Waals surface area contributed by atoms with Gasteiger partial charge in [0.1, 0.15) is 5.75 Å². The van der Waals surface area contributed by atoms with Crippen molar-refractivity contribution >= 4 is 5.91 Å². The first kappa shape index (κ1) is 19.2. The smallest absolute Gasteiger partial charge is 0.422 e. The van der Waals surface area contributed by atoms with Gasteiger partial charge in [0.15, 0.2) is 6.61 Å². The lowest BCUT2D eigenvalue weighted by molar-refractivity contribution is -0.153. The van der Waals surface area contributed by atoms with E-state index in [1.807, 2.05) is 25.1 Å². The number of aryl methyl sites for hydroxylation is 1. The molecular formula is C20H21F3N2O2. The highest BCUT2D eigenvalue weighted by Crippen LogP contribution is 2.47. The van der Waals surface area contributed by atoms with Crippen LogP contribution >= 0.6 is 0 Å². The number of aromatic nitrogens is 1. The number of amides is 1. The Labute approximate surface area is 155 Å². The molecule has 1 N–H and O–H groups in total. The predicted octanol–water partition coefficient (Wildman–Crippen LogP) is 4.31. The third-order valence-electron chi connectivity index (χ3n) is 4.56. The molecular weight excluding hydrogens is 357 g/mol. The van der Waals surface area contributed by atoms with E-state index in [1.165, 1.54) is 23.4 Å². The molecule has 0 spiro atoms. The molecule has 0 aliphatic heterocycles. The monoisotopic (exact) mass is 378 g/mol. The number of carbonyl (C=O) groups excluding carboxylic acids is 1. The van der Waals surface area contributed by atoms with Crippen molar-refractivity contribution in [1.29, 1.82) is 0 Å². The Morgan fingerprint density at radius 3 is 2.74 bits per heavy atom. The van der Waals surface area contributed by atoms with Gasteiger partial charge in [0.25, 0.3) is 0 Å². The van der Waals surface area contributed by atoms with Crippen LogP contribution in [0.15, 0.2) is 42.6 Å². The predicted molar refractivity (Wildman–Crippen MR) is 94.4 cm³/mol. The Balaban J connectivity index is 1.53. The third kappa shape index (κ3) is 5.21. The van der Waals surface area contributed by atoms with Crippen LogP contribution in [0.5, 0.6) is 5.75 Å². The average molecular weight is 378 g/mol. The molecule has 4 nitrogen and oxygen atoms in total. The minimum atomic E-state index is -4.39. The van der Waals surface area contributed by atoms with Gasteiger partial charge in [-0.05, 0) is 43.9 Å². The molecule has 3 rings (SSSR count). The van der Waals surface area contributed by atoms with Crippen molar-refractivity contribution in [3.05, 3.63) is 59.4 Å². The van der Waals surface area contributed by atoms with Crippen LogP contribution in [-0.2, 0) is 4.79 Å². The lowest BCUT2D eigenvalue weighted by atomic mass is 10.1. The molecule has 144 valence electrons. The summed E-state index contributed by atoms with van der Waals surface area (Å²) >= 11 is 0. The number of benzene rings is 1. The topological polar surface area (TPSA) is 51.2 Å². The second-order valence-electron chi connectivity index (χ2n) is 6.92. The fourth-order valence-corrected chi connectivity index (χ4v) is 3.05. The van der Waals surface area contributed by atoms with Crippen molar-refractivity contribution < 1.29 is 22.7 Å². The lowest BCUT2D eigenvalue weighted by Crippen LogP contribution is -2.29. The quantitative estimate of drug-likeness (QED) is 0.815. The van der Waals surface area contributed by atoms with Crippen LogP contribution in [0.1, 0.15) is 42.1 Å². The van der Waals surface area contributed by atoms with E-state index in [4.69, 9.17) is 0 Å². The zero-order valence-electron chi connectivity index (χ0n) is 15.1. The van der Waals surface area contributed by atoms with E-state index in [0.717, 1.165) is 6.42 Å². The fourth-order valence-electron chi connectivity index (χ4n) is 3.05. The van der Waals surface area contributed by atoms with Gasteiger partial charge < -0.3 is 10.1 Å². The molecule has 0 unspecified atom stereocenters. The molecule has 27 heavy (non-hydrogen) atoms. The van der Waals surface area contributed by atoms with E-state index >= 15 is 0 Å². The van der Waals surface area contributed by atoms with Crippen LogP contribution in [0.2, 0.25) is 0 Å². The number of carbonyl (C=O) groups is 1. The number of nitrogens with one attached hydrogen (secondary N) is 1. The molecule has 3 atom stereocenters. The summed E-state index contributed by atoms with van der Waals surface area (Å²) in [6, 6.07) is 10.8. The van der Waals surface area contributed by atoms with Crippen LogP contribution in [0.4, 0.5) is 13.2 Å². The van der Waals surface area contributed by atoms with Gasteiger partial charge >= 0.3 is 6.18 Å². The first-order valence-corrected chi connectivity index (χ1v) is 8.75. The Morgan fingerprint density at radius 2 is 2.11 bits per heavy atom. The summed E-state index contributed by atoms with van der Waals surface area (Å²) in [5.41, 5.74) is 2.91. The second kappa shape index (κ2) is 7.58. The molecule has 1 fully saturated rings. The standard InChI is InChI=1S/C20H21F3N2O2/c1-12-4-3-5-14(8-12)16-9-17(16)19(26)25-13(2)18-7-6-15(10-24-18)27-11-20(21,22)23/h3-8,10,13,16-17H,9,11H2,1-2H3,(H,25,26)/t13-,16+,17-/m1/s1. The molecule has 7 heteroatoms.